The van der Waals surface area contributed by atoms with Crippen LogP contribution in [0.1, 0.15) is 28.5 Å². The van der Waals surface area contributed by atoms with Gasteiger partial charge in [0.05, 0.1) is 19.0 Å². The Morgan fingerprint density at radius 3 is 2.43 bits per heavy atom. The zero-order valence-corrected chi connectivity index (χ0v) is 16.2. The number of hydrogen-bond acceptors (Lipinski definition) is 4. The fraction of sp³-hybridized carbons (Fsp3) is 0.217. The van der Waals surface area contributed by atoms with Gasteiger partial charge in [0, 0.05) is 12.2 Å². The number of carbonyl (C=O) groups excluding carboxylic acids is 1. The second-order valence-corrected chi connectivity index (χ2v) is 6.43. The van der Waals surface area contributed by atoms with Crippen LogP contribution in [0, 0.1) is 0 Å². The highest BCUT2D eigenvalue weighted by Gasteiger charge is 2.08. The number of hydrogen-bond donors (Lipinski definition) is 2. The van der Waals surface area contributed by atoms with E-state index >= 15 is 0 Å². The molecule has 0 aliphatic rings. The lowest BCUT2D eigenvalue weighted by Crippen LogP contribution is -2.14. The Kier molecular flexibility index (Phi) is 6.63. The van der Waals surface area contributed by atoms with Gasteiger partial charge in [0.1, 0.15) is 11.4 Å². The zero-order valence-electron chi connectivity index (χ0n) is 16.2. The molecule has 1 amide bonds. The van der Waals surface area contributed by atoms with Crippen LogP contribution in [-0.2, 0) is 12.8 Å². The predicted octanol–water partition coefficient (Wildman–Crippen LogP) is 4.56. The molecule has 0 aliphatic heterocycles. The number of rotatable bonds is 8. The van der Waals surface area contributed by atoms with Crippen molar-refractivity contribution in [1.29, 1.82) is 0 Å². The van der Waals surface area contributed by atoms with E-state index < -0.39 is 0 Å². The van der Waals surface area contributed by atoms with Crippen LogP contribution >= 0.6 is 0 Å². The Morgan fingerprint density at radius 2 is 1.75 bits per heavy atom. The van der Waals surface area contributed by atoms with Crippen LogP contribution in [0.3, 0.4) is 0 Å². The Labute approximate surface area is 165 Å². The number of pyridine rings is 1. The molecule has 5 heteroatoms. The van der Waals surface area contributed by atoms with Crippen molar-refractivity contribution in [2.45, 2.75) is 19.8 Å². The van der Waals surface area contributed by atoms with E-state index in [4.69, 9.17) is 4.74 Å². The standard InChI is InChI=1S/C23H25N3O2/c1-3-17-8-10-19(11-9-17)26-23(27)21-13-12-20(16-25-21)24-15-14-18-6-4-5-7-22(18)28-2/h4-13,16,24H,3,14-15H2,1-2H3,(H,26,27). The predicted molar refractivity (Wildman–Crippen MR) is 113 cm³/mol. The highest BCUT2D eigenvalue weighted by Crippen LogP contribution is 2.18. The van der Waals surface area contributed by atoms with Gasteiger partial charge in [0.15, 0.2) is 0 Å². The van der Waals surface area contributed by atoms with Gasteiger partial charge >= 0.3 is 0 Å². The third-order valence-corrected chi connectivity index (χ3v) is 4.53. The van der Waals surface area contributed by atoms with Gasteiger partial charge in [-0.05, 0) is 54.3 Å². The molecule has 0 spiro atoms. The number of amides is 1. The average molecular weight is 375 g/mol. The molecule has 3 rings (SSSR count). The van der Waals surface area contributed by atoms with Gasteiger partial charge in [-0.15, -0.1) is 0 Å². The second kappa shape index (κ2) is 9.55. The van der Waals surface area contributed by atoms with Crippen molar-refractivity contribution in [3.05, 3.63) is 83.7 Å². The molecule has 144 valence electrons. The third kappa shape index (κ3) is 5.10. The highest BCUT2D eigenvalue weighted by molar-refractivity contribution is 6.02. The van der Waals surface area contributed by atoms with Crippen molar-refractivity contribution in [3.63, 3.8) is 0 Å². The normalized spacial score (nSPS) is 10.4. The number of nitrogens with one attached hydrogen (secondary N) is 2. The SMILES string of the molecule is CCc1ccc(NC(=O)c2ccc(NCCc3ccccc3OC)cn2)cc1. The second-order valence-electron chi connectivity index (χ2n) is 6.43. The maximum Gasteiger partial charge on any atom is 0.274 e. The summed E-state index contributed by atoms with van der Waals surface area (Å²) in [6, 6.07) is 19.4. The number of methoxy groups -OCH3 is 1. The first kappa shape index (κ1) is 19.4. The van der Waals surface area contributed by atoms with E-state index in [0.717, 1.165) is 42.1 Å². The maximum atomic E-state index is 12.3. The topological polar surface area (TPSA) is 63.2 Å². The largest absolute Gasteiger partial charge is 0.496 e. The first-order chi connectivity index (χ1) is 13.7. The summed E-state index contributed by atoms with van der Waals surface area (Å²) < 4.78 is 5.37. The minimum Gasteiger partial charge on any atom is -0.496 e. The summed E-state index contributed by atoms with van der Waals surface area (Å²) in [5.41, 5.74) is 4.41. The van der Waals surface area contributed by atoms with E-state index in [2.05, 4.69) is 28.6 Å². The van der Waals surface area contributed by atoms with Crippen molar-refractivity contribution in [1.82, 2.24) is 4.98 Å². The molecule has 28 heavy (non-hydrogen) atoms. The van der Waals surface area contributed by atoms with Crippen LogP contribution in [0.25, 0.3) is 0 Å². The maximum absolute atomic E-state index is 12.3. The Morgan fingerprint density at radius 1 is 1.00 bits per heavy atom. The van der Waals surface area contributed by atoms with Gasteiger partial charge in [-0.3, -0.25) is 4.79 Å². The number of carbonyl (C=O) groups is 1. The van der Waals surface area contributed by atoms with E-state index in [0.29, 0.717) is 5.69 Å². The molecule has 5 nitrogen and oxygen atoms in total. The van der Waals surface area contributed by atoms with Gasteiger partial charge in [-0.2, -0.15) is 0 Å². The summed E-state index contributed by atoms with van der Waals surface area (Å²) in [7, 11) is 1.68. The summed E-state index contributed by atoms with van der Waals surface area (Å²) in [6.45, 7) is 2.85. The molecule has 0 saturated heterocycles. The number of nitrogens with zero attached hydrogens (tertiary/aromatic N) is 1. The summed E-state index contributed by atoms with van der Waals surface area (Å²) in [5.74, 6) is 0.672. The Balaban J connectivity index is 1.53. The fourth-order valence-corrected chi connectivity index (χ4v) is 2.90. The number of aryl methyl sites for hydroxylation is 1. The van der Waals surface area contributed by atoms with Gasteiger partial charge < -0.3 is 15.4 Å². The van der Waals surface area contributed by atoms with Crippen LogP contribution in [0.5, 0.6) is 5.75 Å². The Hall–Kier alpha value is -3.34. The van der Waals surface area contributed by atoms with E-state index in [9.17, 15) is 4.79 Å². The van der Waals surface area contributed by atoms with E-state index in [-0.39, 0.29) is 5.91 Å². The van der Waals surface area contributed by atoms with Crippen LogP contribution in [-0.4, -0.2) is 24.5 Å². The monoisotopic (exact) mass is 375 g/mol. The summed E-state index contributed by atoms with van der Waals surface area (Å²) >= 11 is 0. The summed E-state index contributed by atoms with van der Waals surface area (Å²) in [4.78, 5) is 16.6. The first-order valence-electron chi connectivity index (χ1n) is 9.41. The first-order valence-corrected chi connectivity index (χ1v) is 9.41. The van der Waals surface area contributed by atoms with Gasteiger partial charge in [-0.25, -0.2) is 4.98 Å². The van der Waals surface area contributed by atoms with E-state index in [1.807, 2.05) is 48.5 Å². The molecule has 2 N–H and O–H groups in total. The van der Waals surface area contributed by atoms with Crippen molar-refractivity contribution in [2.24, 2.45) is 0 Å². The highest BCUT2D eigenvalue weighted by atomic mass is 16.5. The quantitative estimate of drug-likeness (QED) is 0.606. The van der Waals surface area contributed by atoms with Crippen molar-refractivity contribution >= 4 is 17.3 Å². The minimum absolute atomic E-state index is 0.218. The molecule has 0 radical (unpaired) electrons. The smallest absolute Gasteiger partial charge is 0.274 e. The molecule has 0 aliphatic carbocycles. The van der Waals surface area contributed by atoms with Gasteiger partial charge in [0.2, 0.25) is 0 Å². The van der Waals surface area contributed by atoms with Crippen molar-refractivity contribution in [2.75, 3.05) is 24.3 Å². The van der Waals surface area contributed by atoms with Crippen molar-refractivity contribution in [3.8, 4) is 5.75 Å². The fourth-order valence-electron chi connectivity index (χ4n) is 2.90. The molecule has 0 bridgehead atoms. The molecular weight excluding hydrogens is 350 g/mol. The molecule has 0 unspecified atom stereocenters. The number of aromatic nitrogens is 1. The minimum atomic E-state index is -0.218. The van der Waals surface area contributed by atoms with E-state index in [1.165, 1.54) is 5.56 Å². The third-order valence-electron chi connectivity index (χ3n) is 4.53. The molecule has 0 saturated carbocycles. The number of ether oxygens (including phenoxy) is 1. The molecule has 0 atom stereocenters. The van der Waals surface area contributed by atoms with Crippen LogP contribution < -0.4 is 15.4 Å². The summed E-state index contributed by atoms with van der Waals surface area (Å²) in [5, 5.41) is 6.19. The Bertz CT molecular complexity index is 906. The average Bonchev–Trinajstić information content (AvgIpc) is 2.75. The molecule has 1 heterocycles. The van der Waals surface area contributed by atoms with Crippen LogP contribution in [0.2, 0.25) is 0 Å². The molecule has 3 aromatic rings. The lowest BCUT2D eigenvalue weighted by molar-refractivity contribution is 0.102. The lowest BCUT2D eigenvalue weighted by atomic mass is 10.1. The number of benzene rings is 2. The molecule has 1 aromatic heterocycles. The van der Waals surface area contributed by atoms with Crippen molar-refractivity contribution < 1.29 is 9.53 Å². The summed E-state index contributed by atoms with van der Waals surface area (Å²) in [6.07, 6.45) is 3.48. The molecular formula is C23H25N3O2. The lowest BCUT2D eigenvalue weighted by Gasteiger charge is -2.10. The van der Waals surface area contributed by atoms with Gasteiger partial charge in [0.25, 0.3) is 5.91 Å². The van der Waals surface area contributed by atoms with Crippen LogP contribution in [0.15, 0.2) is 66.9 Å². The number of para-hydroxylation sites is 1. The molecule has 0 fully saturated rings. The van der Waals surface area contributed by atoms with Crippen LogP contribution in [0.4, 0.5) is 11.4 Å². The zero-order chi connectivity index (χ0) is 19.8. The van der Waals surface area contributed by atoms with E-state index in [1.54, 1.807) is 19.4 Å². The van der Waals surface area contributed by atoms with Gasteiger partial charge in [-0.1, -0.05) is 37.3 Å². The number of anilines is 2. The molecule has 2 aromatic carbocycles.